The fraction of sp³-hybridized carbons (Fsp3) is 0.655. The van der Waals surface area contributed by atoms with Gasteiger partial charge in [0.15, 0.2) is 0 Å². The lowest BCUT2D eigenvalue weighted by Gasteiger charge is -2.25. The largest absolute Gasteiger partial charge is 0.389 e. The number of hydrogen-bond acceptors (Lipinski definition) is 2. The molecule has 0 radical (unpaired) electrons. The molecule has 0 amide bonds. The first-order valence-electron chi connectivity index (χ1n) is 13.1. The van der Waals surface area contributed by atoms with Crippen molar-refractivity contribution in [1.82, 2.24) is 10.2 Å². The van der Waals surface area contributed by atoms with E-state index in [1.807, 2.05) is 0 Å². The third-order valence-electron chi connectivity index (χ3n) is 6.95. The zero-order valence-corrected chi connectivity index (χ0v) is 20.7. The Morgan fingerprint density at radius 3 is 2.35 bits per heavy atom. The molecule has 1 N–H and O–H groups in total. The molecule has 0 heterocycles. The number of benzene rings is 1. The highest BCUT2D eigenvalue weighted by Gasteiger charge is 2.17. The molecule has 1 atom stereocenters. The van der Waals surface area contributed by atoms with E-state index in [2.05, 4.69) is 67.9 Å². The van der Waals surface area contributed by atoms with Gasteiger partial charge in [-0.25, -0.2) is 0 Å². The first-order chi connectivity index (χ1) is 15.2. The lowest BCUT2D eigenvalue weighted by atomic mass is 9.85. The van der Waals surface area contributed by atoms with Crippen LogP contribution < -0.4 is 5.32 Å². The molecular weight excluding hydrogens is 376 g/mol. The molecule has 0 saturated heterocycles. The van der Waals surface area contributed by atoms with Gasteiger partial charge in [-0.3, -0.25) is 0 Å². The van der Waals surface area contributed by atoms with E-state index in [-0.39, 0.29) is 0 Å². The van der Waals surface area contributed by atoms with Gasteiger partial charge in [0.1, 0.15) is 0 Å². The number of aryl methyl sites for hydroxylation is 1. The Bertz CT molecular complexity index is 639. The zero-order valence-electron chi connectivity index (χ0n) is 20.7. The zero-order chi connectivity index (χ0) is 22.3. The van der Waals surface area contributed by atoms with Crippen molar-refractivity contribution in [3.63, 3.8) is 0 Å². The second-order valence-electron chi connectivity index (χ2n) is 9.25. The summed E-state index contributed by atoms with van der Waals surface area (Å²) in [5.74, 6) is 0.602. The van der Waals surface area contributed by atoms with Crippen LogP contribution in [0, 0.1) is 5.92 Å². The van der Waals surface area contributed by atoms with E-state index in [0.717, 1.165) is 13.0 Å². The normalized spacial score (nSPS) is 16.4. The van der Waals surface area contributed by atoms with E-state index < -0.39 is 0 Å². The van der Waals surface area contributed by atoms with Gasteiger partial charge in [0, 0.05) is 18.2 Å². The van der Waals surface area contributed by atoms with Crippen LogP contribution in [-0.2, 0) is 6.42 Å². The average Bonchev–Trinajstić information content (AvgIpc) is 2.81. The SMILES string of the molecule is C=C(NCCCCCC)C1CC=C(c2ccc(CCCCCN(CC)CC)cc2)CC1. The highest BCUT2D eigenvalue weighted by atomic mass is 15.1. The second-order valence-corrected chi connectivity index (χ2v) is 9.25. The number of nitrogens with zero attached hydrogens (tertiary/aromatic N) is 1. The molecule has 0 aliphatic heterocycles. The number of nitrogens with one attached hydrogen (secondary N) is 1. The van der Waals surface area contributed by atoms with E-state index in [0.29, 0.717) is 5.92 Å². The predicted molar refractivity (Wildman–Crippen MR) is 138 cm³/mol. The maximum Gasteiger partial charge on any atom is 0.0143 e. The maximum atomic E-state index is 4.32. The standard InChI is InChI=1S/C29H48N2/c1-5-8-9-12-23-30-25(4)27-19-21-29(22-20-27)28-17-15-26(16-18-28)14-11-10-13-24-31(6-2)7-3/h15-18,21,27,30H,4-14,19-20,22-24H2,1-3H3. The maximum absolute atomic E-state index is 4.32. The number of rotatable bonds is 16. The van der Waals surface area contributed by atoms with Crippen molar-refractivity contribution in [2.24, 2.45) is 5.92 Å². The van der Waals surface area contributed by atoms with Crippen molar-refractivity contribution in [2.45, 2.75) is 91.4 Å². The Kier molecular flexibility index (Phi) is 12.7. The summed E-state index contributed by atoms with van der Waals surface area (Å²) in [5, 5.41) is 3.59. The Morgan fingerprint density at radius 2 is 1.71 bits per heavy atom. The van der Waals surface area contributed by atoms with Gasteiger partial charge < -0.3 is 10.2 Å². The molecular formula is C29H48N2. The van der Waals surface area contributed by atoms with Crippen LogP contribution in [0.1, 0.15) is 96.1 Å². The molecule has 174 valence electrons. The van der Waals surface area contributed by atoms with Crippen LogP contribution in [0.15, 0.2) is 42.6 Å². The number of unbranched alkanes of at least 4 members (excludes halogenated alkanes) is 5. The number of hydrogen-bond donors (Lipinski definition) is 1. The molecule has 1 aliphatic rings. The van der Waals surface area contributed by atoms with Gasteiger partial charge in [0.25, 0.3) is 0 Å². The molecule has 0 saturated carbocycles. The summed E-state index contributed by atoms with van der Waals surface area (Å²) >= 11 is 0. The van der Waals surface area contributed by atoms with Crippen LogP contribution in [0.4, 0.5) is 0 Å². The van der Waals surface area contributed by atoms with Crippen molar-refractivity contribution in [2.75, 3.05) is 26.2 Å². The summed E-state index contributed by atoms with van der Waals surface area (Å²) < 4.78 is 0. The van der Waals surface area contributed by atoms with Gasteiger partial charge in [-0.2, -0.15) is 0 Å². The second kappa shape index (κ2) is 15.3. The lowest BCUT2D eigenvalue weighted by molar-refractivity contribution is 0.296. The Morgan fingerprint density at radius 1 is 0.968 bits per heavy atom. The third-order valence-corrected chi connectivity index (χ3v) is 6.95. The lowest BCUT2D eigenvalue weighted by Crippen LogP contribution is -2.23. The van der Waals surface area contributed by atoms with Crippen molar-refractivity contribution in [1.29, 1.82) is 0 Å². The van der Waals surface area contributed by atoms with Crippen molar-refractivity contribution in [3.8, 4) is 0 Å². The highest BCUT2D eigenvalue weighted by Crippen LogP contribution is 2.32. The van der Waals surface area contributed by atoms with Crippen LogP contribution >= 0.6 is 0 Å². The van der Waals surface area contributed by atoms with Gasteiger partial charge in [0.2, 0.25) is 0 Å². The minimum Gasteiger partial charge on any atom is -0.389 e. The molecule has 0 bridgehead atoms. The Labute approximate surface area is 193 Å². The van der Waals surface area contributed by atoms with Crippen molar-refractivity contribution in [3.05, 3.63) is 53.7 Å². The van der Waals surface area contributed by atoms with E-state index in [9.17, 15) is 0 Å². The van der Waals surface area contributed by atoms with Crippen LogP contribution in [0.2, 0.25) is 0 Å². The van der Waals surface area contributed by atoms with Crippen LogP contribution in [0.3, 0.4) is 0 Å². The molecule has 1 aromatic rings. The van der Waals surface area contributed by atoms with Gasteiger partial charge in [-0.1, -0.05) is 83.4 Å². The summed E-state index contributed by atoms with van der Waals surface area (Å²) in [6, 6.07) is 9.39. The molecule has 1 aromatic carbocycles. The Hall–Kier alpha value is -1.54. The summed E-state index contributed by atoms with van der Waals surface area (Å²) in [6.45, 7) is 15.8. The molecule has 1 unspecified atom stereocenters. The summed E-state index contributed by atoms with van der Waals surface area (Å²) in [4.78, 5) is 2.52. The minimum atomic E-state index is 0.602. The van der Waals surface area contributed by atoms with E-state index in [4.69, 9.17) is 0 Å². The first-order valence-corrected chi connectivity index (χ1v) is 13.1. The molecule has 2 heteroatoms. The summed E-state index contributed by atoms with van der Waals surface area (Å²) in [5.41, 5.74) is 5.68. The van der Waals surface area contributed by atoms with Crippen molar-refractivity contribution >= 4 is 5.57 Å². The monoisotopic (exact) mass is 424 g/mol. The first kappa shape index (κ1) is 25.7. The smallest absolute Gasteiger partial charge is 0.0143 e. The fourth-order valence-electron chi connectivity index (χ4n) is 4.62. The summed E-state index contributed by atoms with van der Waals surface area (Å²) in [6.07, 6.45) is 16.4. The van der Waals surface area contributed by atoms with E-state index in [1.165, 1.54) is 106 Å². The molecule has 2 nitrogen and oxygen atoms in total. The molecule has 0 spiro atoms. The summed E-state index contributed by atoms with van der Waals surface area (Å²) in [7, 11) is 0. The molecule has 31 heavy (non-hydrogen) atoms. The minimum absolute atomic E-state index is 0.602. The third kappa shape index (κ3) is 9.64. The van der Waals surface area contributed by atoms with E-state index >= 15 is 0 Å². The Balaban J connectivity index is 1.69. The van der Waals surface area contributed by atoms with E-state index in [1.54, 1.807) is 0 Å². The van der Waals surface area contributed by atoms with Crippen LogP contribution in [0.5, 0.6) is 0 Å². The van der Waals surface area contributed by atoms with Crippen LogP contribution in [-0.4, -0.2) is 31.1 Å². The number of allylic oxidation sites excluding steroid dienone is 3. The van der Waals surface area contributed by atoms with Crippen molar-refractivity contribution < 1.29 is 0 Å². The highest BCUT2D eigenvalue weighted by molar-refractivity contribution is 5.66. The van der Waals surface area contributed by atoms with Gasteiger partial charge in [-0.15, -0.1) is 0 Å². The molecule has 1 aliphatic carbocycles. The van der Waals surface area contributed by atoms with Gasteiger partial charge in [0.05, 0.1) is 0 Å². The van der Waals surface area contributed by atoms with Crippen LogP contribution in [0.25, 0.3) is 5.57 Å². The fourth-order valence-corrected chi connectivity index (χ4v) is 4.62. The molecule has 2 rings (SSSR count). The quantitative estimate of drug-likeness (QED) is 0.275. The predicted octanol–water partition coefficient (Wildman–Crippen LogP) is 7.61. The van der Waals surface area contributed by atoms with Gasteiger partial charge in [-0.05, 0) is 81.3 Å². The molecule has 0 aromatic heterocycles. The average molecular weight is 425 g/mol. The van der Waals surface area contributed by atoms with Gasteiger partial charge >= 0.3 is 0 Å². The molecule has 0 fully saturated rings. The topological polar surface area (TPSA) is 15.3 Å².